The van der Waals surface area contributed by atoms with E-state index in [4.69, 9.17) is 9.15 Å². The van der Waals surface area contributed by atoms with Gasteiger partial charge in [0.25, 0.3) is 5.91 Å². The smallest absolute Gasteiger partial charge is 0.254 e. The van der Waals surface area contributed by atoms with Gasteiger partial charge in [-0.25, -0.2) is 4.98 Å². The number of benzene rings is 2. The first-order valence-electron chi connectivity index (χ1n) is 12.8. The van der Waals surface area contributed by atoms with Gasteiger partial charge >= 0.3 is 0 Å². The summed E-state index contributed by atoms with van der Waals surface area (Å²) in [5, 5.41) is 0. The average molecular weight is 474 g/mol. The van der Waals surface area contributed by atoms with Gasteiger partial charge < -0.3 is 14.1 Å². The van der Waals surface area contributed by atoms with Crippen molar-refractivity contribution in [2.24, 2.45) is 5.92 Å². The topological polar surface area (TPSA) is 58.8 Å². The second kappa shape index (κ2) is 10.3. The molecule has 1 aromatic heterocycles. The minimum Gasteiger partial charge on any atom is -0.436 e. The van der Waals surface area contributed by atoms with Crippen molar-refractivity contribution in [3.63, 3.8) is 0 Å². The van der Waals surface area contributed by atoms with E-state index in [-0.39, 0.29) is 5.91 Å². The molecule has 5 rings (SSSR count). The van der Waals surface area contributed by atoms with Gasteiger partial charge in [0.1, 0.15) is 0 Å². The number of oxazole rings is 1. The molecule has 184 valence electrons. The Bertz CT molecular complexity index is 1140. The van der Waals surface area contributed by atoms with Crippen LogP contribution >= 0.6 is 0 Å². The maximum Gasteiger partial charge on any atom is 0.254 e. The Balaban J connectivity index is 1.25. The number of ether oxygens (including phenoxy) is 1. The SMILES string of the molecule is Cc1ccc(-c2cnc(-c3ccccc3C(=O)N3CCC(CN4C[C@@H](C)O[C@H](C)C4)CC3)o2)cc1. The highest BCUT2D eigenvalue weighted by Crippen LogP contribution is 2.30. The van der Waals surface area contributed by atoms with E-state index in [1.165, 1.54) is 5.56 Å². The highest BCUT2D eigenvalue weighted by molar-refractivity contribution is 6.00. The summed E-state index contributed by atoms with van der Waals surface area (Å²) in [5.74, 6) is 1.86. The van der Waals surface area contributed by atoms with Gasteiger partial charge in [0.05, 0.1) is 24.0 Å². The Hall–Kier alpha value is -2.96. The molecule has 0 bridgehead atoms. The van der Waals surface area contributed by atoms with E-state index >= 15 is 0 Å². The standard InChI is InChI=1S/C29H35N3O3/c1-20-8-10-24(11-9-20)27-16-30-28(35-27)25-6-4-5-7-26(25)29(33)32-14-12-23(13-15-32)19-31-17-21(2)34-22(3)18-31/h4-11,16,21-23H,12-15,17-19H2,1-3H3/t21-,22-/m1/s1. The number of likely N-dealkylation sites (tertiary alicyclic amines) is 1. The van der Waals surface area contributed by atoms with Gasteiger partial charge in [-0.05, 0) is 51.7 Å². The molecular weight excluding hydrogens is 438 g/mol. The summed E-state index contributed by atoms with van der Waals surface area (Å²) in [6.07, 6.45) is 4.38. The molecule has 2 saturated heterocycles. The lowest BCUT2D eigenvalue weighted by molar-refractivity contribution is -0.0728. The third kappa shape index (κ3) is 5.49. The first-order valence-corrected chi connectivity index (χ1v) is 12.8. The number of morpholine rings is 1. The van der Waals surface area contributed by atoms with Gasteiger partial charge in [0.2, 0.25) is 5.89 Å². The van der Waals surface area contributed by atoms with Gasteiger partial charge in [0.15, 0.2) is 5.76 Å². The normalized spacial score (nSPS) is 21.9. The molecule has 0 unspecified atom stereocenters. The Labute approximate surface area is 207 Å². The largest absolute Gasteiger partial charge is 0.436 e. The number of carbonyl (C=O) groups excluding carboxylic acids is 1. The maximum absolute atomic E-state index is 13.5. The molecule has 6 nitrogen and oxygen atoms in total. The average Bonchev–Trinajstić information content (AvgIpc) is 3.34. The number of aryl methyl sites for hydroxylation is 1. The third-order valence-corrected chi connectivity index (χ3v) is 7.14. The first kappa shape index (κ1) is 23.8. The summed E-state index contributed by atoms with van der Waals surface area (Å²) >= 11 is 0. The van der Waals surface area contributed by atoms with Crippen molar-refractivity contribution in [1.29, 1.82) is 0 Å². The van der Waals surface area contributed by atoms with Crippen molar-refractivity contribution in [2.45, 2.75) is 45.8 Å². The van der Waals surface area contributed by atoms with Crippen LogP contribution in [0, 0.1) is 12.8 Å². The lowest BCUT2D eigenvalue weighted by Gasteiger charge is -2.39. The lowest BCUT2D eigenvalue weighted by atomic mass is 9.94. The Morgan fingerprint density at radius 2 is 1.69 bits per heavy atom. The number of carbonyl (C=O) groups is 1. The van der Waals surface area contributed by atoms with Crippen molar-refractivity contribution < 1.29 is 13.9 Å². The molecule has 6 heteroatoms. The fourth-order valence-electron chi connectivity index (χ4n) is 5.39. The molecule has 3 aromatic rings. The third-order valence-electron chi connectivity index (χ3n) is 7.14. The second-order valence-electron chi connectivity index (χ2n) is 10.2. The molecular formula is C29H35N3O3. The number of hydrogen-bond acceptors (Lipinski definition) is 5. The molecule has 35 heavy (non-hydrogen) atoms. The maximum atomic E-state index is 13.5. The second-order valence-corrected chi connectivity index (χ2v) is 10.2. The van der Waals surface area contributed by atoms with E-state index < -0.39 is 0 Å². The highest BCUT2D eigenvalue weighted by Gasteiger charge is 2.29. The van der Waals surface area contributed by atoms with Crippen molar-refractivity contribution in [3.8, 4) is 22.8 Å². The monoisotopic (exact) mass is 473 g/mol. The summed E-state index contributed by atoms with van der Waals surface area (Å²) in [6, 6.07) is 15.8. The minimum atomic E-state index is 0.0581. The van der Waals surface area contributed by atoms with E-state index in [1.807, 2.05) is 41.3 Å². The molecule has 1 amide bonds. The molecule has 2 fully saturated rings. The van der Waals surface area contributed by atoms with Crippen LogP contribution in [0.1, 0.15) is 42.6 Å². The van der Waals surface area contributed by atoms with E-state index in [2.05, 4.69) is 42.8 Å². The minimum absolute atomic E-state index is 0.0581. The summed E-state index contributed by atoms with van der Waals surface area (Å²) in [7, 11) is 0. The van der Waals surface area contributed by atoms with Crippen LogP contribution in [-0.4, -0.2) is 65.6 Å². The van der Waals surface area contributed by atoms with E-state index in [9.17, 15) is 4.79 Å². The highest BCUT2D eigenvalue weighted by atomic mass is 16.5. The van der Waals surface area contributed by atoms with Crippen LogP contribution in [0.5, 0.6) is 0 Å². The zero-order chi connectivity index (χ0) is 24.4. The number of rotatable bonds is 5. The summed E-state index contributed by atoms with van der Waals surface area (Å²) in [4.78, 5) is 22.6. The summed E-state index contributed by atoms with van der Waals surface area (Å²) in [6.45, 7) is 11.0. The molecule has 2 aliphatic heterocycles. The van der Waals surface area contributed by atoms with Crippen LogP contribution in [0.15, 0.2) is 59.1 Å². The quantitative estimate of drug-likeness (QED) is 0.505. The number of amides is 1. The van der Waals surface area contributed by atoms with Crippen LogP contribution in [0.25, 0.3) is 22.8 Å². The Morgan fingerprint density at radius 3 is 2.40 bits per heavy atom. The summed E-state index contributed by atoms with van der Waals surface area (Å²) < 4.78 is 12.0. The van der Waals surface area contributed by atoms with Crippen LogP contribution in [-0.2, 0) is 4.74 Å². The summed E-state index contributed by atoms with van der Waals surface area (Å²) in [5.41, 5.74) is 3.57. The van der Waals surface area contributed by atoms with Crippen LogP contribution in [0.3, 0.4) is 0 Å². The number of hydrogen-bond donors (Lipinski definition) is 0. The molecule has 0 N–H and O–H groups in total. The van der Waals surface area contributed by atoms with Gasteiger partial charge in [0, 0.05) is 43.9 Å². The molecule has 2 aliphatic rings. The van der Waals surface area contributed by atoms with E-state index in [0.29, 0.717) is 35.3 Å². The fraction of sp³-hybridized carbons (Fsp3) is 0.448. The van der Waals surface area contributed by atoms with E-state index in [1.54, 1.807) is 6.20 Å². The van der Waals surface area contributed by atoms with Gasteiger partial charge in [-0.2, -0.15) is 0 Å². The van der Waals surface area contributed by atoms with Crippen molar-refractivity contribution >= 4 is 5.91 Å². The predicted octanol–water partition coefficient (Wildman–Crippen LogP) is 5.28. The molecule has 0 saturated carbocycles. The molecule has 3 heterocycles. The Morgan fingerprint density at radius 1 is 1.00 bits per heavy atom. The van der Waals surface area contributed by atoms with Gasteiger partial charge in [-0.3, -0.25) is 9.69 Å². The molecule has 2 atom stereocenters. The fourth-order valence-corrected chi connectivity index (χ4v) is 5.39. The lowest BCUT2D eigenvalue weighted by Crippen LogP contribution is -2.48. The predicted molar refractivity (Wildman–Crippen MR) is 137 cm³/mol. The van der Waals surface area contributed by atoms with Crippen LogP contribution < -0.4 is 0 Å². The number of nitrogens with zero attached hydrogens (tertiary/aromatic N) is 3. The van der Waals surface area contributed by atoms with Crippen molar-refractivity contribution in [3.05, 3.63) is 65.9 Å². The number of aromatic nitrogens is 1. The van der Waals surface area contributed by atoms with Gasteiger partial charge in [-0.1, -0.05) is 42.0 Å². The van der Waals surface area contributed by atoms with Crippen LogP contribution in [0.4, 0.5) is 0 Å². The zero-order valence-corrected chi connectivity index (χ0v) is 20.9. The van der Waals surface area contributed by atoms with Crippen molar-refractivity contribution in [1.82, 2.24) is 14.8 Å². The van der Waals surface area contributed by atoms with Gasteiger partial charge in [-0.15, -0.1) is 0 Å². The van der Waals surface area contributed by atoms with E-state index in [0.717, 1.165) is 56.7 Å². The molecule has 0 aliphatic carbocycles. The number of piperidine rings is 1. The van der Waals surface area contributed by atoms with Crippen molar-refractivity contribution in [2.75, 3.05) is 32.7 Å². The Kier molecular flexibility index (Phi) is 7.02. The first-order chi connectivity index (χ1) is 17.0. The molecule has 0 radical (unpaired) electrons. The molecule has 2 aromatic carbocycles. The zero-order valence-electron chi connectivity index (χ0n) is 20.9. The van der Waals surface area contributed by atoms with Crippen LogP contribution in [0.2, 0.25) is 0 Å². The molecule has 0 spiro atoms.